The summed E-state index contributed by atoms with van der Waals surface area (Å²) >= 11 is 6.28. The van der Waals surface area contributed by atoms with Crippen LogP contribution in [0.2, 0.25) is 5.02 Å². The average molecular weight is 306 g/mol. The number of nitrogens with one attached hydrogen (secondary N) is 1. The minimum atomic E-state index is -0.392. The number of anilines is 3. The topological polar surface area (TPSA) is 71.2 Å². The lowest BCUT2D eigenvalue weighted by Crippen LogP contribution is -2.05. The van der Waals surface area contributed by atoms with Crippen LogP contribution in [0.3, 0.4) is 0 Å². The van der Waals surface area contributed by atoms with Gasteiger partial charge in [-0.2, -0.15) is 0 Å². The van der Waals surface area contributed by atoms with Crippen LogP contribution in [0.5, 0.6) is 0 Å². The Balaban J connectivity index is 2.28. The van der Waals surface area contributed by atoms with Gasteiger partial charge in [-0.1, -0.05) is 17.7 Å². The maximum absolute atomic E-state index is 9.41. The molecular weight excluding hydrogens is 286 g/mol. The first-order valence-corrected chi connectivity index (χ1v) is 7.22. The van der Waals surface area contributed by atoms with Crippen molar-refractivity contribution in [3.63, 3.8) is 0 Å². The molecule has 0 spiro atoms. The van der Waals surface area contributed by atoms with Gasteiger partial charge in [0.25, 0.3) is 0 Å². The van der Waals surface area contributed by atoms with Crippen LogP contribution in [0.4, 0.5) is 17.2 Å². The molecule has 5 heteroatoms. The molecule has 0 fully saturated rings. The Morgan fingerprint density at radius 2 is 2.05 bits per heavy atom. The van der Waals surface area contributed by atoms with Crippen molar-refractivity contribution in [2.75, 3.05) is 11.1 Å². The molecule has 0 saturated carbocycles. The zero-order valence-electron chi connectivity index (χ0n) is 12.4. The summed E-state index contributed by atoms with van der Waals surface area (Å²) in [6.07, 6.45) is 0.181. The van der Waals surface area contributed by atoms with Crippen molar-refractivity contribution in [3.8, 4) is 0 Å². The van der Waals surface area contributed by atoms with E-state index in [2.05, 4.69) is 10.3 Å². The Labute approximate surface area is 130 Å². The Morgan fingerprint density at radius 1 is 1.33 bits per heavy atom. The maximum atomic E-state index is 9.41. The quantitative estimate of drug-likeness (QED) is 0.807. The molecule has 2 rings (SSSR count). The number of pyridine rings is 1. The monoisotopic (exact) mass is 305 g/mol. The summed E-state index contributed by atoms with van der Waals surface area (Å²) < 4.78 is 0. The lowest BCUT2D eigenvalue weighted by atomic mass is 10.1. The number of aryl methyl sites for hydroxylation is 2. The molecule has 1 heterocycles. The number of hydrogen-bond acceptors (Lipinski definition) is 4. The van der Waals surface area contributed by atoms with E-state index >= 15 is 0 Å². The van der Waals surface area contributed by atoms with E-state index in [0.717, 1.165) is 22.5 Å². The van der Waals surface area contributed by atoms with Crippen LogP contribution in [0.1, 0.15) is 23.7 Å². The Kier molecular flexibility index (Phi) is 4.70. The molecule has 0 aliphatic rings. The fraction of sp³-hybridized carbons (Fsp3) is 0.312. The van der Waals surface area contributed by atoms with Crippen molar-refractivity contribution in [1.29, 1.82) is 0 Å². The first-order valence-electron chi connectivity index (χ1n) is 6.84. The second-order valence-corrected chi connectivity index (χ2v) is 5.74. The lowest BCUT2D eigenvalue weighted by Gasteiger charge is -2.14. The Hall–Kier alpha value is -1.78. The van der Waals surface area contributed by atoms with Crippen molar-refractivity contribution >= 4 is 28.8 Å². The second-order valence-electron chi connectivity index (χ2n) is 5.34. The molecule has 2 aromatic rings. The summed E-state index contributed by atoms with van der Waals surface area (Å²) in [5, 5.41) is 13.2. The van der Waals surface area contributed by atoms with Crippen molar-refractivity contribution in [2.24, 2.45) is 0 Å². The van der Waals surface area contributed by atoms with Gasteiger partial charge in [0.05, 0.1) is 22.5 Å². The van der Waals surface area contributed by atoms with Gasteiger partial charge in [0.2, 0.25) is 0 Å². The number of hydrogen-bond donors (Lipinski definition) is 3. The van der Waals surface area contributed by atoms with Gasteiger partial charge in [0.1, 0.15) is 0 Å². The average Bonchev–Trinajstić information content (AvgIpc) is 2.37. The van der Waals surface area contributed by atoms with Crippen LogP contribution < -0.4 is 11.1 Å². The molecule has 1 aromatic carbocycles. The first kappa shape index (κ1) is 15.6. The van der Waals surface area contributed by atoms with Gasteiger partial charge in [0, 0.05) is 5.69 Å². The highest BCUT2D eigenvalue weighted by molar-refractivity contribution is 6.33. The van der Waals surface area contributed by atoms with Crippen LogP contribution in [0.25, 0.3) is 0 Å². The van der Waals surface area contributed by atoms with E-state index in [1.54, 1.807) is 6.92 Å². The molecule has 4 N–H and O–H groups in total. The van der Waals surface area contributed by atoms with Crippen LogP contribution in [-0.4, -0.2) is 16.2 Å². The molecule has 0 bridgehead atoms. The van der Waals surface area contributed by atoms with E-state index in [-0.39, 0.29) is 0 Å². The molecule has 0 aliphatic carbocycles. The highest BCUT2D eigenvalue weighted by atomic mass is 35.5. The van der Waals surface area contributed by atoms with E-state index in [1.807, 2.05) is 38.1 Å². The van der Waals surface area contributed by atoms with E-state index in [0.29, 0.717) is 22.9 Å². The lowest BCUT2D eigenvalue weighted by molar-refractivity contribution is 0.195. The minimum Gasteiger partial charge on any atom is -0.396 e. The SMILES string of the molecule is Cc1cc(C)c(N)c(Nc2ccc(CC(C)O)cc2Cl)n1. The van der Waals surface area contributed by atoms with Gasteiger partial charge in [-0.25, -0.2) is 4.98 Å². The third kappa shape index (κ3) is 3.86. The zero-order valence-corrected chi connectivity index (χ0v) is 13.2. The number of nitrogen functional groups attached to an aromatic ring is 1. The molecule has 1 unspecified atom stereocenters. The third-order valence-corrected chi connectivity index (χ3v) is 3.52. The van der Waals surface area contributed by atoms with Crippen LogP contribution in [-0.2, 0) is 6.42 Å². The third-order valence-electron chi connectivity index (χ3n) is 3.21. The molecule has 0 aliphatic heterocycles. The minimum absolute atomic E-state index is 0.392. The summed E-state index contributed by atoms with van der Waals surface area (Å²) in [5.74, 6) is 0.609. The second kappa shape index (κ2) is 6.33. The van der Waals surface area contributed by atoms with Gasteiger partial charge >= 0.3 is 0 Å². The molecule has 4 nitrogen and oxygen atoms in total. The highest BCUT2D eigenvalue weighted by Crippen LogP contribution is 2.30. The predicted octanol–water partition coefficient (Wildman–Crippen LogP) is 3.60. The molecule has 0 radical (unpaired) electrons. The van der Waals surface area contributed by atoms with Crippen LogP contribution in [0, 0.1) is 13.8 Å². The Bertz CT molecular complexity index is 656. The van der Waals surface area contributed by atoms with Gasteiger partial charge in [-0.05, 0) is 56.5 Å². The van der Waals surface area contributed by atoms with Gasteiger partial charge in [-0.15, -0.1) is 0 Å². The first-order chi connectivity index (χ1) is 9.86. The van der Waals surface area contributed by atoms with Crippen LogP contribution >= 0.6 is 11.6 Å². The molecule has 112 valence electrons. The summed E-state index contributed by atoms with van der Waals surface area (Å²) in [6, 6.07) is 7.59. The maximum Gasteiger partial charge on any atom is 0.154 e. The number of aromatic nitrogens is 1. The number of nitrogens with two attached hydrogens (primary N) is 1. The van der Waals surface area contributed by atoms with E-state index < -0.39 is 6.10 Å². The number of benzene rings is 1. The van der Waals surface area contributed by atoms with E-state index in [9.17, 15) is 5.11 Å². The fourth-order valence-electron chi connectivity index (χ4n) is 2.20. The standard InChI is InChI=1S/C16H20ClN3O/c1-9-6-10(2)19-16(15(9)18)20-14-5-4-12(7-11(3)21)8-13(14)17/h4-6,8,11,21H,7,18H2,1-3H3,(H,19,20). The number of rotatable bonds is 4. The number of aliphatic hydroxyl groups is 1. The molecule has 1 atom stereocenters. The Morgan fingerprint density at radius 3 is 2.67 bits per heavy atom. The van der Waals surface area contributed by atoms with E-state index in [1.165, 1.54) is 0 Å². The molecule has 21 heavy (non-hydrogen) atoms. The fourth-order valence-corrected chi connectivity index (χ4v) is 2.45. The molecule has 1 aromatic heterocycles. The van der Waals surface area contributed by atoms with Crippen LogP contribution in [0.15, 0.2) is 24.3 Å². The molecule has 0 amide bonds. The zero-order chi connectivity index (χ0) is 15.6. The summed E-state index contributed by atoms with van der Waals surface area (Å²) in [6.45, 7) is 5.62. The summed E-state index contributed by atoms with van der Waals surface area (Å²) in [4.78, 5) is 4.41. The predicted molar refractivity (Wildman–Crippen MR) is 88.2 cm³/mol. The van der Waals surface area contributed by atoms with E-state index in [4.69, 9.17) is 17.3 Å². The van der Waals surface area contributed by atoms with Crippen molar-refractivity contribution in [3.05, 3.63) is 46.1 Å². The van der Waals surface area contributed by atoms with Crippen molar-refractivity contribution in [2.45, 2.75) is 33.3 Å². The van der Waals surface area contributed by atoms with Gasteiger partial charge < -0.3 is 16.2 Å². The van der Waals surface area contributed by atoms with Gasteiger partial charge in [-0.3, -0.25) is 0 Å². The van der Waals surface area contributed by atoms with Crippen molar-refractivity contribution < 1.29 is 5.11 Å². The van der Waals surface area contributed by atoms with Crippen molar-refractivity contribution in [1.82, 2.24) is 4.98 Å². The summed E-state index contributed by atoms with van der Waals surface area (Å²) in [7, 11) is 0. The summed E-state index contributed by atoms with van der Waals surface area (Å²) in [5.41, 5.74) is 10.3. The number of aliphatic hydroxyl groups excluding tert-OH is 1. The molecule has 0 saturated heterocycles. The smallest absolute Gasteiger partial charge is 0.154 e. The highest BCUT2D eigenvalue weighted by Gasteiger charge is 2.09. The van der Waals surface area contributed by atoms with Gasteiger partial charge in [0.15, 0.2) is 5.82 Å². The number of halogens is 1. The number of nitrogens with zero attached hydrogens (tertiary/aromatic N) is 1. The largest absolute Gasteiger partial charge is 0.396 e. The normalized spacial score (nSPS) is 12.2. The molecular formula is C16H20ClN3O.